The SMILES string of the molecule is Nc1c(O)c2c3c(c1Br)=NCCC=3C=N2. The normalized spacial score (nSPS) is 16.5. The van der Waals surface area contributed by atoms with Gasteiger partial charge in [-0.3, -0.25) is 9.98 Å². The number of rotatable bonds is 0. The molecule has 0 atom stereocenters. The fourth-order valence-corrected chi connectivity index (χ4v) is 2.47. The van der Waals surface area contributed by atoms with Crippen molar-refractivity contribution >= 4 is 39.1 Å². The molecule has 3 rings (SSSR count). The smallest absolute Gasteiger partial charge is 0.166 e. The van der Waals surface area contributed by atoms with Gasteiger partial charge in [0.15, 0.2) is 5.75 Å². The van der Waals surface area contributed by atoms with E-state index in [1.807, 2.05) is 0 Å². The summed E-state index contributed by atoms with van der Waals surface area (Å²) >= 11 is 3.36. The number of nitrogens with zero attached hydrogens (tertiary/aromatic N) is 2. The van der Waals surface area contributed by atoms with Gasteiger partial charge in [0.1, 0.15) is 5.69 Å². The topological polar surface area (TPSA) is 71.0 Å². The Balaban J connectivity index is 2.63. The second-order valence-corrected chi connectivity index (χ2v) is 4.36. The molecule has 0 radical (unpaired) electrons. The first-order valence-corrected chi connectivity index (χ1v) is 5.41. The highest BCUT2D eigenvalue weighted by molar-refractivity contribution is 9.10. The lowest BCUT2D eigenvalue weighted by molar-refractivity contribution is 0.478. The van der Waals surface area contributed by atoms with Crippen molar-refractivity contribution in [3.8, 4) is 5.75 Å². The molecule has 0 spiro atoms. The van der Waals surface area contributed by atoms with Crippen LogP contribution in [0.5, 0.6) is 5.75 Å². The van der Waals surface area contributed by atoms with Crippen LogP contribution < -0.4 is 16.3 Å². The molecule has 76 valence electrons. The number of phenols is 1. The van der Waals surface area contributed by atoms with Crippen molar-refractivity contribution in [2.45, 2.75) is 6.42 Å². The van der Waals surface area contributed by atoms with E-state index in [9.17, 15) is 5.11 Å². The zero-order valence-corrected chi connectivity index (χ0v) is 9.37. The number of phenolic OH excluding ortho intramolecular Hbond substituents is 1. The van der Waals surface area contributed by atoms with E-state index in [0.29, 0.717) is 15.8 Å². The van der Waals surface area contributed by atoms with Crippen LogP contribution >= 0.6 is 15.9 Å². The van der Waals surface area contributed by atoms with Gasteiger partial charge in [0.05, 0.1) is 15.5 Å². The summed E-state index contributed by atoms with van der Waals surface area (Å²) in [6.07, 6.45) is 2.66. The van der Waals surface area contributed by atoms with Crippen LogP contribution in [-0.4, -0.2) is 17.9 Å². The Morgan fingerprint density at radius 3 is 3.07 bits per heavy atom. The summed E-state index contributed by atoms with van der Waals surface area (Å²) < 4.78 is 0.668. The van der Waals surface area contributed by atoms with Crippen LogP contribution in [0.2, 0.25) is 0 Å². The van der Waals surface area contributed by atoms with E-state index < -0.39 is 0 Å². The Labute approximate surface area is 94.0 Å². The number of nitrogens with two attached hydrogens (primary N) is 1. The van der Waals surface area contributed by atoms with Crippen molar-refractivity contribution in [3.63, 3.8) is 0 Å². The fraction of sp³-hybridized carbons (Fsp3) is 0.200. The molecule has 4 nitrogen and oxygen atoms in total. The second-order valence-electron chi connectivity index (χ2n) is 3.56. The minimum atomic E-state index is 0.0453. The van der Waals surface area contributed by atoms with Gasteiger partial charge in [-0.15, -0.1) is 0 Å². The van der Waals surface area contributed by atoms with Gasteiger partial charge in [-0.1, -0.05) is 0 Å². The molecule has 0 amide bonds. The third-order valence-corrected chi connectivity index (χ3v) is 3.52. The molecule has 0 saturated heterocycles. The molecule has 1 aromatic carbocycles. The maximum absolute atomic E-state index is 9.84. The summed E-state index contributed by atoms with van der Waals surface area (Å²) in [6, 6.07) is 0. The summed E-state index contributed by atoms with van der Waals surface area (Å²) in [5.41, 5.74) is 7.76. The molecule has 0 bridgehead atoms. The predicted octanol–water partition coefficient (Wildman–Crippen LogP) is 0.627. The van der Waals surface area contributed by atoms with Gasteiger partial charge in [0.25, 0.3) is 0 Å². The molecule has 5 heteroatoms. The first-order valence-electron chi connectivity index (χ1n) is 4.62. The Morgan fingerprint density at radius 2 is 2.27 bits per heavy atom. The summed E-state index contributed by atoms with van der Waals surface area (Å²) in [6.45, 7) is 0.747. The Hall–Kier alpha value is -1.36. The zero-order chi connectivity index (χ0) is 10.6. The number of hydrogen-bond acceptors (Lipinski definition) is 4. The Bertz CT molecular complexity index is 619. The zero-order valence-electron chi connectivity index (χ0n) is 7.79. The highest BCUT2D eigenvalue weighted by atomic mass is 79.9. The van der Waals surface area contributed by atoms with Gasteiger partial charge < -0.3 is 10.8 Å². The highest BCUT2D eigenvalue weighted by Crippen LogP contribution is 2.35. The minimum Gasteiger partial charge on any atom is -0.504 e. The molecule has 2 heterocycles. The molecule has 3 N–H and O–H groups in total. The molecule has 0 saturated carbocycles. The summed E-state index contributed by atoms with van der Waals surface area (Å²) in [5, 5.41) is 11.6. The van der Waals surface area contributed by atoms with Crippen LogP contribution in [0.4, 0.5) is 11.4 Å². The van der Waals surface area contributed by atoms with Gasteiger partial charge in [0.2, 0.25) is 0 Å². The molecule has 0 aliphatic carbocycles. The quantitative estimate of drug-likeness (QED) is 0.534. The van der Waals surface area contributed by atoms with Crippen LogP contribution in [0.3, 0.4) is 0 Å². The molecule has 15 heavy (non-hydrogen) atoms. The van der Waals surface area contributed by atoms with E-state index in [2.05, 4.69) is 25.9 Å². The summed E-state index contributed by atoms with van der Waals surface area (Å²) in [7, 11) is 0. The number of anilines is 1. The van der Waals surface area contributed by atoms with E-state index in [1.165, 1.54) is 0 Å². The number of aromatic hydroxyl groups is 1. The first-order chi connectivity index (χ1) is 7.20. The van der Waals surface area contributed by atoms with Crippen LogP contribution in [0.15, 0.2) is 14.5 Å². The van der Waals surface area contributed by atoms with Crippen molar-refractivity contribution in [1.29, 1.82) is 0 Å². The third-order valence-electron chi connectivity index (χ3n) is 2.72. The fourth-order valence-electron chi connectivity index (χ4n) is 1.96. The van der Waals surface area contributed by atoms with Gasteiger partial charge in [0, 0.05) is 18.0 Å². The van der Waals surface area contributed by atoms with Gasteiger partial charge in [-0.2, -0.15) is 0 Å². The van der Waals surface area contributed by atoms with Crippen molar-refractivity contribution in [2.75, 3.05) is 12.3 Å². The number of halogens is 1. The van der Waals surface area contributed by atoms with E-state index >= 15 is 0 Å². The number of aliphatic imine (C=N–C) groups is 1. The average Bonchev–Trinajstić information content (AvgIpc) is 2.68. The van der Waals surface area contributed by atoms with E-state index in [0.717, 1.165) is 29.1 Å². The maximum Gasteiger partial charge on any atom is 0.166 e. The van der Waals surface area contributed by atoms with Gasteiger partial charge in [-0.25, -0.2) is 0 Å². The lowest BCUT2D eigenvalue weighted by Crippen LogP contribution is -2.32. The van der Waals surface area contributed by atoms with Crippen LogP contribution in [0.1, 0.15) is 6.42 Å². The molecule has 0 unspecified atom stereocenters. The monoisotopic (exact) mass is 265 g/mol. The molecule has 0 aromatic heterocycles. The molecular formula is C10H8BrN3O. The van der Waals surface area contributed by atoms with Crippen molar-refractivity contribution < 1.29 is 5.11 Å². The third kappa shape index (κ3) is 1.01. The lowest BCUT2D eigenvalue weighted by Gasteiger charge is -2.09. The van der Waals surface area contributed by atoms with Crippen LogP contribution in [-0.2, 0) is 0 Å². The van der Waals surface area contributed by atoms with E-state index in [4.69, 9.17) is 5.73 Å². The number of hydrogen-bond donors (Lipinski definition) is 2. The molecule has 2 aliphatic heterocycles. The highest BCUT2D eigenvalue weighted by Gasteiger charge is 2.20. The summed E-state index contributed by atoms with van der Waals surface area (Å²) in [5.74, 6) is 0.0453. The standard InChI is InChI=1S/C10H8BrN3O/c11-6-7(12)10(15)9-5-4(3-14-9)1-2-13-8(5)6/h3,15H,1-2,12H2. The predicted molar refractivity (Wildman–Crippen MR) is 62.0 cm³/mol. The number of nitrogen functional groups attached to an aromatic ring is 1. The Kier molecular flexibility index (Phi) is 1.68. The van der Waals surface area contributed by atoms with Crippen LogP contribution in [0.25, 0.3) is 5.57 Å². The van der Waals surface area contributed by atoms with E-state index in [-0.39, 0.29) is 5.75 Å². The number of benzene rings is 1. The Morgan fingerprint density at radius 1 is 1.47 bits per heavy atom. The molecule has 0 fully saturated rings. The van der Waals surface area contributed by atoms with E-state index in [1.54, 1.807) is 6.21 Å². The van der Waals surface area contributed by atoms with Gasteiger partial charge in [-0.05, 0) is 27.9 Å². The summed E-state index contributed by atoms with van der Waals surface area (Å²) in [4.78, 5) is 8.59. The minimum absolute atomic E-state index is 0.0453. The maximum atomic E-state index is 9.84. The van der Waals surface area contributed by atoms with Crippen LogP contribution in [0, 0.1) is 0 Å². The largest absolute Gasteiger partial charge is 0.504 e. The molecule has 1 aromatic rings. The first kappa shape index (κ1) is 8.91. The van der Waals surface area contributed by atoms with Crippen molar-refractivity contribution in [3.05, 3.63) is 15.0 Å². The van der Waals surface area contributed by atoms with Crippen molar-refractivity contribution in [2.24, 2.45) is 9.98 Å². The van der Waals surface area contributed by atoms with Crippen molar-refractivity contribution in [1.82, 2.24) is 0 Å². The molecule has 2 aliphatic rings. The average molecular weight is 266 g/mol. The second kappa shape index (κ2) is 2.82. The lowest BCUT2D eigenvalue weighted by atomic mass is 10.1. The molecular weight excluding hydrogens is 258 g/mol. The van der Waals surface area contributed by atoms with Gasteiger partial charge >= 0.3 is 0 Å².